The molecule has 1 fully saturated rings. The molecular weight excluding hydrogens is 465 g/mol. The minimum Gasteiger partial charge on any atom is -0.395 e. The molecule has 0 aliphatic heterocycles. The summed E-state index contributed by atoms with van der Waals surface area (Å²) in [5, 5.41) is 18.3. The molecule has 0 saturated heterocycles. The average Bonchev–Trinajstić information content (AvgIpc) is 2.76. The van der Waals surface area contributed by atoms with Crippen LogP contribution >= 0.6 is 0 Å². The molecule has 0 bridgehead atoms. The second-order valence-electron chi connectivity index (χ2n) is 8.58. The largest absolute Gasteiger partial charge is 0.395 e. The highest BCUT2D eigenvalue weighted by atomic mass is 32.2. The van der Waals surface area contributed by atoms with Crippen LogP contribution in [0.15, 0.2) is 23.3 Å². The van der Waals surface area contributed by atoms with Crippen molar-refractivity contribution in [2.24, 2.45) is 5.41 Å². The van der Waals surface area contributed by atoms with Crippen molar-refractivity contribution in [2.45, 2.75) is 43.9 Å². The third-order valence-electron chi connectivity index (χ3n) is 6.34. The Labute approximate surface area is 195 Å². The van der Waals surface area contributed by atoms with Crippen LogP contribution in [0.25, 0.3) is 10.9 Å². The second-order valence-corrected chi connectivity index (χ2v) is 11.0. The SMILES string of the molecule is CC(CCn1cnc2cc(C#CC#CC3(CO)CCC3)c(F)cc2c1=O)(C(=O)NO)S(C)(=O)=O. The highest BCUT2D eigenvalue weighted by Gasteiger charge is 2.43. The molecule has 1 aliphatic carbocycles. The number of hydrogen-bond acceptors (Lipinski definition) is 7. The Morgan fingerprint density at radius 2 is 2.06 bits per heavy atom. The van der Waals surface area contributed by atoms with E-state index in [0.717, 1.165) is 43.1 Å². The summed E-state index contributed by atoms with van der Waals surface area (Å²) >= 11 is 0. The van der Waals surface area contributed by atoms with Gasteiger partial charge in [-0.3, -0.25) is 19.4 Å². The van der Waals surface area contributed by atoms with Crippen LogP contribution in [0, 0.1) is 34.9 Å². The van der Waals surface area contributed by atoms with Crippen LogP contribution in [0.5, 0.6) is 0 Å². The van der Waals surface area contributed by atoms with E-state index < -0.39 is 37.3 Å². The van der Waals surface area contributed by atoms with Gasteiger partial charge in [-0.25, -0.2) is 23.3 Å². The molecule has 3 rings (SSSR count). The quantitative estimate of drug-likeness (QED) is 0.309. The molecule has 1 saturated carbocycles. The molecule has 3 N–H and O–H groups in total. The van der Waals surface area contributed by atoms with Gasteiger partial charge in [0.2, 0.25) is 0 Å². The van der Waals surface area contributed by atoms with Crippen molar-refractivity contribution >= 4 is 26.6 Å². The molecule has 1 heterocycles. The van der Waals surface area contributed by atoms with E-state index in [2.05, 4.69) is 28.7 Å². The van der Waals surface area contributed by atoms with E-state index in [1.807, 2.05) is 0 Å². The Morgan fingerprint density at radius 1 is 1.35 bits per heavy atom. The van der Waals surface area contributed by atoms with Crippen molar-refractivity contribution in [1.82, 2.24) is 15.0 Å². The summed E-state index contributed by atoms with van der Waals surface area (Å²) in [7, 11) is -3.94. The standard InChI is InChI=1S/C23H24FN3O6S/c1-22(21(30)26-31,34(2,32)33)10-11-27-15-25-19-12-16(18(24)13-17(19)20(27)29)6-3-4-7-23(14-28)8-5-9-23/h12-13,15,28,31H,5,8-11,14H2,1-2H3,(H,26,30). The van der Waals surface area contributed by atoms with Gasteiger partial charge in [0.15, 0.2) is 14.6 Å². The summed E-state index contributed by atoms with van der Waals surface area (Å²) in [6, 6.07) is 2.31. The van der Waals surface area contributed by atoms with Crippen LogP contribution < -0.4 is 11.0 Å². The van der Waals surface area contributed by atoms with Crippen LogP contribution in [-0.2, 0) is 21.2 Å². The number of amides is 1. The van der Waals surface area contributed by atoms with Gasteiger partial charge in [-0.2, -0.15) is 0 Å². The minimum atomic E-state index is -3.94. The van der Waals surface area contributed by atoms with Gasteiger partial charge >= 0.3 is 0 Å². The number of carbonyl (C=O) groups is 1. The predicted molar refractivity (Wildman–Crippen MR) is 122 cm³/mol. The van der Waals surface area contributed by atoms with Crippen LogP contribution in [0.4, 0.5) is 4.39 Å². The van der Waals surface area contributed by atoms with Gasteiger partial charge in [-0.15, -0.1) is 0 Å². The number of fused-ring (bicyclic) bond motifs is 1. The van der Waals surface area contributed by atoms with Gasteiger partial charge in [0, 0.05) is 12.8 Å². The van der Waals surface area contributed by atoms with Gasteiger partial charge in [0.1, 0.15) is 5.82 Å². The van der Waals surface area contributed by atoms with E-state index in [4.69, 9.17) is 5.21 Å². The number of rotatable bonds is 6. The number of aromatic nitrogens is 2. The van der Waals surface area contributed by atoms with E-state index in [1.54, 1.807) is 0 Å². The third-order valence-corrected chi connectivity index (χ3v) is 8.37. The molecule has 1 amide bonds. The fourth-order valence-electron chi connectivity index (χ4n) is 3.54. The van der Waals surface area contributed by atoms with Crippen molar-refractivity contribution < 1.29 is 27.9 Å². The minimum absolute atomic E-state index is 0.00220. The molecule has 2 aromatic rings. The van der Waals surface area contributed by atoms with E-state index in [-0.39, 0.29) is 36.0 Å². The summed E-state index contributed by atoms with van der Waals surface area (Å²) in [6.07, 6.45) is 4.28. The van der Waals surface area contributed by atoms with E-state index >= 15 is 0 Å². The first kappa shape index (κ1) is 25.4. The predicted octanol–water partition coefficient (Wildman–Crippen LogP) is 0.752. The van der Waals surface area contributed by atoms with Crippen molar-refractivity contribution in [1.29, 1.82) is 0 Å². The molecule has 9 nitrogen and oxygen atoms in total. The van der Waals surface area contributed by atoms with Gasteiger partial charge in [-0.1, -0.05) is 12.3 Å². The van der Waals surface area contributed by atoms with Crippen molar-refractivity contribution in [3.8, 4) is 23.7 Å². The average molecular weight is 490 g/mol. The second kappa shape index (κ2) is 9.55. The number of aryl methyl sites for hydroxylation is 1. The number of hydrogen-bond donors (Lipinski definition) is 3. The summed E-state index contributed by atoms with van der Waals surface area (Å²) in [4.78, 5) is 28.9. The lowest BCUT2D eigenvalue weighted by Gasteiger charge is -2.34. The smallest absolute Gasteiger partial charge is 0.264 e. The Kier molecular flexibility index (Phi) is 7.13. The number of benzene rings is 1. The Hall–Kier alpha value is -3.25. The maximum Gasteiger partial charge on any atom is 0.264 e. The molecule has 1 aliphatic rings. The van der Waals surface area contributed by atoms with E-state index in [1.165, 1.54) is 17.9 Å². The highest BCUT2D eigenvalue weighted by Crippen LogP contribution is 2.39. The molecule has 0 spiro atoms. The van der Waals surface area contributed by atoms with E-state index in [0.29, 0.717) is 0 Å². The molecule has 180 valence electrons. The number of aliphatic hydroxyl groups is 1. The molecule has 1 aromatic carbocycles. The fourth-order valence-corrected chi connectivity index (χ4v) is 4.39. The third kappa shape index (κ3) is 4.82. The highest BCUT2D eigenvalue weighted by molar-refractivity contribution is 7.92. The number of halogens is 1. The molecule has 11 heteroatoms. The zero-order valence-electron chi connectivity index (χ0n) is 18.7. The molecule has 34 heavy (non-hydrogen) atoms. The monoisotopic (exact) mass is 489 g/mol. The van der Waals surface area contributed by atoms with Gasteiger partial charge < -0.3 is 5.11 Å². The van der Waals surface area contributed by atoms with Crippen LogP contribution in [0.1, 0.15) is 38.2 Å². The number of aliphatic hydroxyl groups excluding tert-OH is 1. The number of nitrogens with one attached hydrogen (secondary N) is 1. The summed E-state index contributed by atoms with van der Waals surface area (Å²) < 4.78 is 37.9. The number of sulfone groups is 1. The normalized spacial score (nSPS) is 16.3. The van der Waals surface area contributed by atoms with Gasteiger partial charge in [0.25, 0.3) is 11.5 Å². The molecule has 1 atom stereocenters. The van der Waals surface area contributed by atoms with Gasteiger partial charge in [0.05, 0.1) is 34.8 Å². The molecular formula is C23H24FN3O6S. The summed E-state index contributed by atoms with van der Waals surface area (Å²) in [6.45, 7) is 0.870. The summed E-state index contributed by atoms with van der Waals surface area (Å²) in [5.41, 5.74) is 0.478. The van der Waals surface area contributed by atoms with Gasteiger partial charge in [-0.05, 0) is 56.1 Å². The van der Waals surface area contributed by atoms with Crippen LogP contribution in [-0.4, -0.2) is 51.8 Å². The molecule has 1 unspecified atom stereocenters. The number of nitrogens with zero attached hydrogens (tertiary/aromatic N) is 2. The lowest BCUT2D eigenvalue weighted by Crippen LogP contribution is -2.50. The van der Waals surface area contributed by atoms with Crippen LogP contribution in [0.2, 0.25) is 0 Å². The first-order chi connectivity index (χ1) is 16.0. The maximum atomic E-state index is 14.6. The first-order valence-electron chi connectivity index (χ1n) is 10.4. The van der Waals surface area contributed by atoms with Crippen LogP contribution in [0.3, 0.4) is 0 Å². The molecule has 1 aromatic heterocycles. The van der Waals surface area contributed by atoms with Crippen molar-refractivity contribution in [2.75, 3.05) is 12.9 Å². The first-order valence-corrected chi connectivity index (χ1v) is 12.3. The topological polar surface area (TPSA) is 139 Å². The Balaban J connectivity index is 1.88. The zero-order valence-corrected chi connectivity index (χ0v) is 19.5. The maximum absolute atomic E-state index is 14.6. The van der Waals surface area contributed by atoms with E-state index in [9.17, 15) is 27.5 Å². The summed E-state index contributed by atoms with van der Waals surface area (Å²) in [5.74, 6) is 8.87. The Bertz CT molecular complexity index is 1420. The zero-order chi connectivity index (χ0) is 25.1. The lowest BCUT2D eigenvalue weighted by atomic mass is 9.70. The fraction of sp³-hybridized carbons (Fsp3) is 0.435. The van der Waals surface area contributed by atoms with Crippen molar-refractivity contribution in [3.05, 3.63) is 40.2 Å². The number of carbonyl (C=O) groups excluding carboxylic acids is 1. The molecule has 0 radical (unpaired) electrons. The number of hydroxylamine groups is 1. The lowest BCUT2D eigenvalue weighted by molar-refractivity contribution is -0.131. The Morgan fingerprint density at radius 3 is 2.62 bits per heavy atom. The van der Waals surface area contributed by atoms with Crippen molar-refractivity contribution in [3.63, 3.8) is 0 Å².